The minimum Gasteiger partial charge on any atom is -0.332 e. The van der Waals surface area contributed by atoms with E-state index in [-0.39, 0.29) is 5.91 Å². The monoisotopic (exact) mass is 250 g/mol. The molecule has 1 aromatic rings. The molecule has 1 rings (SSSR count). The van der Waals surface area contributed by atoms with Gasteiger partial charge in [-0.15, -0.1) is 0 Å². The standard InChI is InChI=1S/C13H18N2OS/c1-9-5-7-10(8-6-9)14-12(17)15-11(16)13(2,3)4/h5-8H,1-4H3,(H2,14,15,16,17). The van der Waals surface area contributed by atoms with Crippen molar-refractivity contribution in [2.45, 2.75) is 27.7 Å². The molecule has 0 aromatic heterocycles. The Kier molecular flexibility index (Phi) is 4.23. The summed E-state index contributed by atoms with van der Waals surface area (Å²) in [6, 6.07) is 7.81. The van der Waals surface area contributed by atoms with Gasteiger partial charge in [0.1, 0.15) is 0 Å². The summed E-state index contributed by atoms with van der Waals surface area (Å²) >= 11 is 5.07. The molecule has 3 nitrogen and oxygen atoms in total. The zero-order valence-electron chi connectivity index (χ0n) is 10.6. The first-order chi connectivity index (χ1) is 7.79. The third-order valence-electron chi connectivity index (χ3n) is 2.22. The van der Waals surface area contributed by atoms with Gasteiger partial charge in [-0.3, -0.25) is 4.79 Å². The quantitative estimate of drug-likeness (QED) is 0.753. The van der Waals surface area contributed by atoms with Crippen LogP contribution in [0.1, 0.15) is 26.3 Å². The van der Waals surface area contributed by atoms with Crippen molar-refractivity contribution in [3.8, 4) is 0 Å². The first-order valence-corrected chi connectivity index (χ1v) is 5.89. The molecular weight excluding hydrogens is 232 g/mol. The van der Waals surface area contributed by atoms with Gasteiger partial charge in [0.15, 0.2) is 5.11 Å². The summed E-state index contributed by atoms with van der Waals surface area (Å²) in [5.41, 5.74) is 1.61. The van der Waals surface area contributed by atoms with Crippen LogP contribution in [0.4, 0.5) is 5.69 Å². The maximum atomic E-state index is 11.7. The predicted molar refractivity (Wildman–Crippen MR) is 75.0 cm³/mol. The molecule has 1 aromatic carbocycles. The van der Waals surface area contributed by atoms with E-state index in [1.54, 1.807) is 0 Å². The van der Waals surface area contributed by atoms with Gasteiger partial charge >= 0.3 is 0 Å². The van der Waals surface area contributed by atoms with Gasteiger partial charge in [0.2, 0.25) is 5.91 Å². The largest absolute Gasteiger partial charge is 0.332 e. The summed E-state index contributed by atoms with van der Waals surface area (Å²) in [5, 5.41) is 5.96. The van der Waals surface area contributed by atoms with Gasteiger partial charge in [0, 0.05) is 11.1 Å². The van der Waals surface area contributed by atoms with E-state index < -0.39 is 5.41 Å². The molecule has 0 saturated carbocycles. The normalized spacial score (nSPS) is 10.8. The number of thiocarbonyl (C=S) groups is 1. The number of benzene rings is 1. The van der Waals surface area contributed by atoms with Crippen molar-refractivity contribution >= 4 is 28.9 Å². The lowest BCUT2D eigenvalue weighted by Gasteiger charge is -2.18. The molecule has 1 amide bonds. The number of rotatable bonds is 1. The fourth-order valence-electron chi connectivity index (χ4n) is 1.09. The maximum absolute atomic E-state index is 11.7. The van der Waals surface area contributed by atoms with Crippen LogP contribution in [0.5, 0.6) is 0 Å². The second-order valence-electron chi connectivity index (χ2n) is 5.02. The lowest BCUT2D eigenvalue weighted by Crippen LogP contribution is -2.41. The van der Waals surface area contributed by atoms with E-state index >= 15 is 0 Å². The number of nitrogens with one attached hydrogen (secondary N) is 2. The summed E-state index contributed by atoms with van der Waals surface area (Å²) in [4.78, 5) is 11.7. The molecular formula is C13H18N2OS. The zero-order chi connectivity index (χ0) is 13.1. The zero-order valence-corrected chi connectivity index (χ0v) is 11.4. The molecule has 0 aliphatic carbocycles. The lowest BCUT2D eigenvalue weighted by molar-refractivity contribution is -0.126. The van der Waals surface area contributed by atoms with Gasteiger partial charge in [-0.1, -0.05) is 38.5 Å². The Hall–Kier alpha value is -1.42. The van der Waals surface area contributed by atoms with Gasteiger partial charge in [-0.05, 0) is 31.3 Å². The molecule has 0 atom stereocenters. The van der Waals surface area contributed by atoms with Crippen LogP contribution >= 0.6 is 12.2 Å². The average Bonchev–Trinajstić information content (AvgIpc) is 2.20. The smallest absolute Gasteiger partial charge is 0.231 e. The fourth-order valence-corrected chi connectivity index (χ4v) is 1.30. The predicted octanol–water partition coefficient (Wildman–Crippen LogP) is 2.85. The average molecular weight is 250 g/mol. The van der Waals surface area contributed by atoms with E-state index in [1.165, 1.54) is 5.56 Å². The number of aryl methyl sites for hydroxylation is 1. The van der Waals surface area contributed by atoms with Gasteiger partial charge in [-0.25, -0.2) is 0 Å². The second-order valence-corrected chi connectivity index (χ2v) is 5.43. The van der Waals surface area contributed by atoms with Crippen LogP contribution in [0.15, 0.2) is 24.3 Å². The molecule has 0 unspecified atom stereocenters. The minimum absolute atomic E-state index is 0.0953. The van der Waals surface area contributed by atoms with Crippen LogP contribution < -0.4 is 10.6 Å². The van der Waals surface area contributed by atoms with Crippen molar-refractivity contribution in [2.75, 3.05) is 5.32 Å². The van der Waals surface area contributed by atoms with Crippen LogP contribution in [0.2, 0.25) is 0 Å². The molecule has 92 valence electrons. The molecule has 0 spiro atoms. The Balaban J connectivity index is 2.56. The highest BCUT2D eigenvalue weighted by atomic mass is 32.1. The number of hydrogen-bond donors (Lipinski definition) is 2. The van der Waals surface area contributed by atoms with Crippen molar-refractivity contribution in [2.24, 2.45) is 5.41 Å². The summed E-state index contributed by atoms with van der Waals surface area (Å²) < 4.78 is 0. The summed E-state index contributed by atoms with van der Waals surface area (Å²) in [6.45, 7) is 7.55. The van der Waals surface area contributed by atoms with Crippen molar-refractivity contribution in [1.82, 2.24) is 5.32 Å². The first kappa shape index (κ1) is 13.6. The van der Waals surface area contributed by atoms with E-state index in [4.69, 9.17) is 12.2 Å². The Morgan fingerprint density at radius 2 is 1.71 bits per heavy atom. The van der Waals surface area contributed by atoms with Crippen LogP contribution in [0.25, 0.3) is 0 Å². The third-order valence-corrected chi connectivity index (χ3v) is 2.42. The molecule has 0 fully saturated rings. The molecule has 0 aliphatic rings. The summed E-state index contributed by atoms with van der Waals surface area (Å²) in [7, 11) is 0. The van der Waals surface area contributed by atoms with Crippen molar-refractivity contribution in [3.05, 3.63) is 29.8 Å². The van der Waals surface area contributed by atoms with Crippen LogP contribution in [-0.2, 0) is 4.79 Å². The molecule has 0 heterocycles. The van der Waals surface area contributed by atoms with Crippen molar-refractivity contribution in [1.29, 1.82) is 0 Å². The molecule has 0 bridgehead atoms. The number of hydrogen-bond acceptors (Lipinski definition) is 2. The highest BCUT2D eigenvalue weighted by Gasteiger charge is 2.21. The second kappa shape index (κ2) is 5.27. The molecule has 0 aliphatic heterocycles. The van der Waals surface area contributed by atoms with Gasteiger partial charge in [0.05, 0.1) is 0 Å². The molecule has 2 N–H and O–H groups in total. The fraction of sp³-hybridized carbons (Fsp3) is 0.385. The van der Waals surface area contributed by atoms with E-state index in [0.29, 0.717) is 5.11 Å². The van der Waals surface area contributed by atoms with Gasteiger partial charge in [-0.2, -0.15) is 0 Å². The topological polar surface area (TPSA) is 41.1 Å². The number of amides is 1. The van der Waals surface area contributed by atoms with E-state index in [0.717, 1.165) is 5.69 Å². The third kappa shape index (κ3) is 4.53. The van der Waals surface area contributed by atoms with Crippen LogP contribution in [-0.4, -0.2) is 11.0 Å². The van der Waals surface area contributed by atoms with Crippen LogP contribution in [0.3, 0.4) is 0 Å². The molecule has 0 saturated heterocycles. The number of carbonyl (C=O) groups is 1. The van der Waals surface area contributed by atoms with E-state index in [2.05, 4.69) is 10.6 Å². The van der Waals surface area contributed by atoms with E-state index in [9.17, 15) is 4.79 Å². The van der Waals surface area contributed by atoms with Gasteiger partial charge in [0.25, 0.3) is 0 Å². The van der Waals surface area contributed by atoms with E-state index in [1.807, 2.05) is 52.0 Å². The Bertz CT molecular complexity index is 418. The first-order valence-electron chi connectivity index (χ1n) is 5.48. The Labute approximate surface area is 108 Å². The molecule has 17 heavy (non-hydrogen) atoms. The summed E-state index contributed by atoms with van der Waals surface area (Å²) in [6.07, 6.45) is 0. The lowest BCUT2D eigenvalue weighted by atomic mass is 9.96. The Morgan fingerprint density at radius 1 is 1.18 bits per heavy atom. The minimum atomic E-state index is -0.445. The maximum Gasteiger partial charge on any atom is 0.231 e. The van der Waals surface area contributed by atoms with Crippen molar-refractivity contribution in [3.63, 3.8) is 0 Å². The summed E-state index contributed by atoms with van der Waals surface area (Å²) in [5.74, 6) is -0.0953. The highest BCUT2D eigenvalue weighted by molar-refractivity contribution is 7.80. The number of anilines is 1. The van der Waals surface area contributed by atoms with Gasteiger partial charge < -0.3 is 10.6 Å². The molecule has 4 heteroatoms. The highest BCUT2D eigenvalue weighted by Crippen LogP contribution is 2.13. The van der Waals surface area contributed by atoms with Crippen LogP contribution in [0, 0.1) is 12.3 Å². The van der Waals surface area contributed by atoms with Crippen molar-refractivity contribution < 1.29 is 4.79 Å². The number of carbonyl (C=O) groups excluding carboxylic acids is 1. The molecule has 0 radical (unpaired) electrons. The Morgan fingerprint density at radius 3 is 2.18 bits per heavy atom. The SMILES string of the molecule is Cc1ccc(NC(=S)NC(=O)C(C)(C)C)cc1.